The molecule has 0 amide bonds. The molecule has 0 bridgehead atoms. The Balaban J connectivity index is 0. The molecule has 0 aliphatic rings. The monoisotopic (exact) mass is 310 g/mol. The number of aliphatic hydroxyl groups excluding tert-OH is 3. The number of ether oxygens (including phenoxy) is 3. The van der Waals surface area contributed by atoms with E-state index in [2.05, 4.69) is 13.8 Å². The lowest BCUT2D eigenvalue weighted by Crippen LogP contribution is -2.15. The van der Waals surface area contributed by atoms with Crippen molar-refractivity contribution in [2.24, 2.45) is 0 Å². The fourth-order valence-corrected chi connectivity index (χ4v) is 1.09. The molecule has 0 saturated carbocycles. The van der Waals surface area contributed by atoms with Crippen molar-refractivity contribution in [3.8, 4) is 0 Å². The Morgan fingerprint density at radius 2 is 1.00 bits per heavy atom. The van der Waals surface area contributed by atoms with E-state index in [-0.39, 0.29) is 13.2 Å². The zero-order valence-electron chi connectivity index (χ0n) is 13.6. The highest BCUT2D eigenvalue weighted by Gasteiger charge is 1.94. The molecule has 0 atom stereocenters. The summed E-state index contributed by atoms with van der Waals surface area (Å²) in [5, 5.41) is 24.0. The molecule has 0 unspecified atom stereocenters. The minimum atomic E-state index is -0.954. The fraction of sp³-hybridized carbons (Fsp3) is 1.00. The van der Waals surface area contributed by atoms with Gasteiger partial charge in [0.2, 0.25) is 0 Å². The minimum Gasteiger partial charge on any atom is -0.394 e. The Labute approximate surface area is 129 Å². The molecule has 3 N–H and O–H groups in total. The Kier molecular flexibility index (Phi) is 24.2. The third-order valence-electron chi connectivity index (χ3n) is 2.45. The molecule has 0 aromatic rings. The van der Waals surface area contributed by atoms with Crippen molar-refractivity contribution in [1.82, 2.24) is 0 Å². The molecule has 0 heterocycles. The maximum Gasteiger partial charge on any atom is 0.100 e. The second-order valence-electron chi connectivity index (χ2n) is 4.56. The first kappa shape index (κ1) is 23.0. The second kappa shape index (κ2) is 22.0. The first-order chi connectivity index (χ1) is 10.2. The summed E-state index contributed by atoms with van der Waals surface area (Å²) in [4.78, 5) is 0. The molecule has 0 aliphatic carbocycles. The Morgan fingerprint density at radius 1 is 0.667 bits per heavy atom. The van der Waals surface area contributed by atoms with E-state index in [9.17, 15) is 0 Å². The maximum atomic E-state index is 8.17. The highest BCUT2D eigenvalue weighted by atomic mass is 16.5. The Morgan fingerprint density at radius 3 is 1.24 bits per heavy atom. The van der Waals surface area contributed by atoms with Crippen molar-refractivity contribution < 1.29 is 29.5 Å². The van der Waals surface area contributed by atoms with Crippen LogP contribution in [0.5, 0.6) is 0 Å². The minimum absolute atomic E-state index is 0.365. The maximum absolute atomic E-state index is 8.17. The molecule has 21 heavy (non-hydrogen) atoms. The highest BCUT2D eigenvalue weighted by molar-refractivity contribution is 4.44. The van der Waals surface area contributed by atoms with Crippen molar-refractivity contribution in [2.45, 2.75) is 45.6 Å². The summed E-state index contributed by atoms with van der Waals surface area (Å²) in [7, 11) is 0. The van der Waals surface area contributed by atoms with E-state index in [4.69, 9.17) is 29.5 Å². The average Bonchev–Trinajstić information content (AvgIpc) is 2.52. The van der Waals surface area contributed by atoms with Gasteiger partial charge in [0.1, 0.15) is 6.10 Å². The van der Waals surface area contributed by atoms with Crippen LogP contribution in [0.15, 0.2) is 0 Å². The van der Waals surface area contributed by atoms with Gasteiger partial charge in [-0.15, -0.1) is 0 Å². The van der Waals surface area contributed by atoms with Crippen molar-refractivity contribution in [2.75, 3.05) is 52.9 Å². The van der Waals surface area contributed by atoms with Gasteiger partial charge < -0.3 is 29.5 Å². The Hall–Kier alpha value is -0.240. The van der Waals surface area contributed by atoms with Crippen molar-refractivity contribution in [3.63, 3.8) is 0 Å². The third kappa shape index (κ3) is 25.1. The van der Waals surface area contributed by atoms with Crippen molar-refractivity contribution >= 4 is 0 Å². The van der Waals surface area contributed by atoms with Crippen LogP contribution in [0.25, 0.3) is 0 Å². The van der Waals surface area contributed by atoms with Gasteiger partial charge in [-0.25, -0.2) is 0 Å². The van der Waals surface area contributed by atoms with E-state index >= 15 is 0 Å². The molecular formula is C15H34O6. The molecule has 0 saturated heterocycles. The van der Waals surface area contributed by atoms with Crippen LogP contribution in [0, 0.1) is 0 Å². The molecule has 6 nitrogen and oxygen atoms in total. The molecule has 6 heteroatoms. The molecule has 0 aromatic heterocycles. The molecule has 0 aromatic carbocycles. The topological polar surface area (TPSA) is 88.4 Å². The first-order valence-electron chi connectivity index (χ1n) is 7.85. The van der Waals surface area contributed by atoms with E-state index in [1.54, 1.807) is 0 Å². The fourth-order valence-electron chi connectivity index (χ4n) is 1.09. The molecular weight excluding hydrogens is 276 g/mol. The van der Waals surface area contributed by atoms with E-state index < -0.39 is 6.10 Å². The van der Waals surface area contributed by atoms with E-state index in [0.717, 1.165) is 26.1 Å². The van der Waals surface area contributed by atoms with Gasteiger partial charge in [0.15, 0.2) is 0 Å². The van der Waals surface area contributed by atoms with Crippen LogP contribution in [0.4, 0.5) is 0 Å². The van der Waals surface area contributed by atoms with Crippen LogP contribution in [0.2, 0.25) is 0 Å². The van der Waals surface area contributed by atoms with Crippen LogP contribution in [-0.4, -0.2) is 74.3 Å². The second-order valence-corrected chi connectivity index (χ2v) is 4.56. The summed E-state index contributed by atoms with van der Waals surface area (Å²) in [6, 6.07) is 0. The summed E-state index contributed by atoms with van der Waals surface area (Å²) < 4.78 is 16.1. The SMILES string of the molecule is CCCCOCCOCCOCCCC.OCC(O)CO. The lowest BCUT2D eigenvalue weighted by atomic mass is 10.4. The molecule has 0 fully saturated rings. The molecule has 0 radical (unpaired) electrons. The normalized spacial score (nSPS) is 10.6. The largest absolute Gasteiger partial charge is 0.394 e. The number of hydrogen-bond donors (Lipinski definition) is 3. The summed E-state index contributed by atoms with van der Waals surface area (Å²) >= 11 is 0. The third-order valence-corrected chi connectivity index (χ3v) is 2.45. The van der Waals surface area contributed by atoms with Crippen LogP contribution in [-0.2, 0) is 14.2 Å². The van der Waals surface area contributed by atoms with Gasteiger partial charge in [-0.1, -0.05) is 26.7 Å². The van der Waals surface area contributed by atoms with Gasteiger partial charge in [-0.3, -0.25) is 0 Å². The number of rotatable bonds is 14. The summed E-state index contributed by atoms with van der Waals surface area (Å²) in [6.07, 6.45) is 3.70. The molecule has 130 valence electrons. The van der Waals surface area contributed by atoms with Gasteiger partial charge in [0, 0.05) is 13.2 Å². The van der Waals surface area contributed by atoms with Gasteiger partial charge >= 0.3 is 0 Å². The summed E-state index contributed by atoms with van der Waals surface area (Å²) in [5.74, 6) is 0. The lowest BCUT2D eigenvalue weighted by molar-refractivity contribution is 0.0136. The summed E-state index contributed by atoms with van der Waals surface area (Å²) in [5.41, 5.74) is 0. The lowest BCUT2D eigenvalue weighted by Gasteiger charge is -2.06. The van der Waals surface area contributed by atoms with E-state index in [1.165, 1.54) is 12.8 Å². The number of unbranched alkanes of at least 4 members (excludes halogenated alkanes) is 2. The highest BCUT2D eigenvalue weighted by Crippen LogP contribution is 1.89. The van der Waals surface area contributed by atoms with Gasteiger partial charge in [-0.2, -0.15) is 0 Å². The number of hydrogen-bond acceptors (Lipinski definition) is 6. The number of aliphatic hydroxyl groups is 3. The van der Waals surface area contributed by atoms with Gasteiger partial charge in [0.25, 0.3) is 0 Å². The quantitative estimate of drug-likeness (QED) is 0.414. The predicted molar refractivity (Wildman–Crippen MR) is 82.5 cm³/mol. The van der Waals surface area contributed by atoms with E-state index in [1.807, 2.05) is 0 Å². The zero-order chi connectivity index (χ0) is 16.2. The van der Waals surface area contributed by atoms with Crippen LogP contribution in [0.1, 0.15) is 39.5 Å². The van der Waals surface area contributed by atoms with Gasteiger partial charge in [0.05, 0.1) is 39.6 Å². The summed E-state index contributed by atoms with van der Waals surface area (Å²) in [6.45, 7) is 8.07. The smallest absolute Gasteiger partial charge is 0.100 e. The van der Waals surface area contributed by atoms with Crippen LogP contribution in [0.3, 0.4) is 0 Å². The van der Waals surface area contributed by atoms with Crippen LogP contribution >= 0.6 is 0 Å². The standard InChI is InChI=1S/C12H26O3.C3H8O3/c1-3-5-7-13-9-11-15-12-10-14-8-6-4-2;4-1-3(6)2-5/h3-12H2,1-2H3;3-6H,1-2H2. The van der Waals surface area contributed by atoms with Crippen LogP contribution < -0.4 is 0 Å². The van der Waals surface area contributed by atoms with Crippen molar-refractivity contribution in [3.05, 3.63) is 0 Å². The zero-order valence-corrected chi connectivity index (χ0v) is 13.6. The Bertz CT molecular complexity index is 152. The first-order valence-corrected chi connectivity index (χ1v) is 7.85. The molecule has 0 spiro atoms. The average molecular weight is 310 g/mol. The predicted octanol–water partition coefficient (Wildman–Crippen LogP) is 0.968. The van der Waals surface area contributed by atoms with Crippen molar-refractivity contribution in [1.29, 1.82) is 0 Å². The van der Waals surface area contributed by atoms with E-state index in [0.29, 0.717) is 26.4 Å². The van der Waals surface area contributed by atoms with Gasteiger partial charge in [-0.05, 0) is 12.8 Å². The molecule has 0 rings (SSSR count). The molecule has 0 aliphatic heterocycles.